The number of nitrogens with zero attached hydrogens (tertiary/aromatic N) is 1. The third-order valence-electron chi connectivity index (χ3n) is 2.70. The zero-order valence-corrected chi connectivity index (χ0v) is 13.6. The maximum absolute atomic E-state index is 13.6. The van der Waals surface area contributed by atoms with Crippen molar-refractivity contribution >= 4 is 31.6 Å². The number of hydrogen-bond donors (Lipinski definition) is 1. The predicted molar refractivity (Wildman–Crippen MR) is 80.4 cm³/mol. The molecule has 0 fully saturated rings. The van der Waals surface area contributed by atoms with Gasteiger partial charge in [0.05, 0.1) is 12.8 Å². The van der Waals surface area contributed by atoms with E-state index >= 15 is 0 Å². The second kappa shape index (κ2) is 5.98. The quantitative estimate of drug-likeness (QED) is 0.892. The van der Waals surface area contributed by atoms with E-state index in [0.29, 0.717) is 11.3 Å². The van der Waals surface area contributed by atoms with Gasteiger partial charge in [0.2, 0.25) is 5.03 Å². The van der Waals surface area contributed by atoms with Crippen molar-refractivity contribution < 1.29 is 17.5 Å². The smallest absolute Gasteiger partial charge is 0.282 e. The molecule has 0 atom stereocenters. The molecule has 2 aromatic rings. The Labute approximate surface area is 130 Å². The average molecular weight is 375 g/mol. The van der Waals surface area contributed by atoms with E-state index in [-0.39, 0.29) is 5.69 Å². The van der Waals surface area contributed by atoms with Gasteiger partial charge in [-0.3, -0.25) is 4.72 Å². The van der Waals surface area contributed by atoms with Crippen molar-refractivity contribution in [3.8, 4) is 5.75 Å². The van der Waals surface area contributed by atoms with E-state index in [4.69, 9.17) is 4.74 Å². The zero-order valence-electron chi connectivity index (χ0n) is 11.2. The fourth-order valence-corrected chi connectivity index (χ4v) is 3.46. The van der Waals surface area contributed by atoms with Crippen molar-refractivity contribution in [1.82, 2.24) is 4.98 Å². The lowest BCUT2D eigenvalue weighted by atomic mass is 10.2. The largest absolute Gasteiger partial charge is 0.495 e. The van der Waals surface area contributed by atoms with Crippen molar-refractivity contribution in [3.63, 3.8) is 0 Å². The zero-order chi connectivity index (χ0) is 15.6. The summed E-state index contributed by atoms with van der Waals surface area (Å²) in [5.41, 5.74) is 0.867. The van der Waals surface area contributed by atoms with Crippen LogP contribution in [-0.4, -0.2) is 20.5 Å². The van der Waals surface area contributed by atoms with Gasteiger partial charge in [0.15, 0.2) is 5.82 Å². The first-order valence-corrected chi connectivity index (χ1v) is 8.10. The Morgan fingerprint density at radius 1 is 1.38 bits per heavy atom. The normalized spacial score (nSPS) is 11.2. The molecule has 5 nitrogen and oxygen atoms in total. The van der Waals surface area contributed by atoms with Gasteiger partial charge < -0.3 is 4.74 Å². The summed E-state index contributed by atoms with van der Waals surface area (Å²) in [4.78, 5) is 3.57. The van der Waals surface area contributed by atoms with E-state index in [1.165, 1.54) is 19.4 Å². The first kappa shape index (κ1) is 15.7. The number of halogens is 2. The molecule has 0 spiro atoms. The van der Waals surface area contributed by atoms with E-state index < -0.39 is 20.9 Å². The summed E-state index contributed by atoms with van der Waals surface area (Å²) in [6, 6.07) is 5.68. The van der Waals surface area contributed by atoms with Gasteiger partial charge in [-0.1, -0.05) is 15.9 Å². The Hall–Kier alpha value is -1.67. The van der Waals surface area contributed by atoms with Crippen LogP contribution in [0, 0.1) is 12.7 Å². The third-order valence-corrected chi connectivity index (χ3v) is 4.44. The number of aromatic nitrogens is 1. The first-order chi connectivity index (χ1) is 9.85. The fraction of sp³-hybridized carbons (Fsp3) is 0.154. The van der Waals surface area contributed by atoms with Gasteiger partial charge in [-0.25, -0.2) is 9.37 Å². The molecule has 1 heterocycles. The molecule has 1 aromatic carbocycles. The Bertz CT molecular complexity index is 781. The molecule has 0 aliphatic rings. The van der Waals surface area contributed by atoms with Crippen LogP contribution in [0.2, 0.25) is 0 Å². The average Bonchev–Trinajstić information content (AvgIpc) is 2.41. The summed E-state index contributed by atoms with van der Waals surface area (Å²) in [5, 5.41) is -0.658. The molecule has 2 rings (SSSR count). The number of pyridine rings is 1. The van der Waals surface area contributed by atoms with Crippen LogP contribution in [0.3, 0.4) is 0 Å². The molecule has 0 amide bonds. The molecule has 0 radical (unpaired) electrons. The van der Waals surface area contributed by atoms with Crippen LogP contribution in [0.4, 0.5) is 10.1 Å². The second-order valence-electron chi connectivity index (χ2n) is 4.20. The van der Waals surface area contributed by atoms with Crippen molar-refractivity contribution in [3.05, 3.63) is 46.3 Å². The van der Waals surface area contributed by atoms with E-state index in [1.807, 2.05) is 0 Å². The Morgan fingerprint density at radius 3 is 2.71 bits per heavy atom. The summed E-state index contributed by atoms with van der Waals surface area (Å²) in [5.74, 6) is -0.597. The molecule has 0 aliphatic carbocycles. The summed E-state index contributed by atoms with van der Waals surface area (Å²) >= 11 is 3.29. The maximum atomic E-state index is 13.6. The molecule has 8 heteroatoms. The van der Waals surface area contributed by atoms with Crippen LogP contribution < -0.4 is 9.46 Å². The highest BCUT2D eigenvalue weighted by molar-refractivity contribution is 9.10. The lowest BCUT2D eigenvalue weighted by Gasteiger charge is -2.14. The number of hydrogen-bond acceptors (Lipinski definition) is 4. The van der Waals surface area contributed by atoms with Gasteiger partial charge >= 0.3 is 0 Å². The molecule has 21 heavy (non-hydrogen) atoms. The molecule has 1 aromatic heterocycles. The minimum Gasteiger partial charge on any atom is -0.495 e. The van der Waals surface area contributed by atoms with Crippen molar-refractivity contribution in [2.75, 3.05) is 11.8 Å². The molecule has 112 valence electrons. The number of benzene rings is 1. The number of ether oxygens (including phenoxy) is 1. The van der Waals surface area contributed by atoms with Gasteiger partial charge in [-0.05, 0) is 36.8 Å². The number of aryl methyl sites for hydroxylation is 1. The number of nitrogens with one attached hydrogen (secondary N) is 1. The molecule has 0 saturated carbocycles. The highest BCUT2D eigenvalue weighted by atomic mass is 79.9. The van der Waals surface area contributed by atoms with Crippen LogP contribution in [0.25, 0.3) is 0 Å². The summed E-state index contributed by atoms with van der Waals surface area (Å²) in [6.07, 6.45) is 1.21. The lowest BCUT2D eigenvalue weighted by Crippen LogP contribution is -2.17. The van der Waals surface area contributed by atoms with Crippen LogP contribution >= 0.6 is 15.9 Å². The molecule has 0 aliphatic heterocycles. The van der Waals surface area contributed by atoms with Crippen LogP contribution in [0.15, 0.2) is 40.0 Å². The molecular formula is C13H12BrFN2O3S. The summed E-state index contributed by atoms with van der Waals surface area (Å²) < 4.78 is 46.3. The van der Waals surface area contributed by atoms with Crippen molar-refractivity contribution in [2.45, 2.75) is 11.9 Å². The SMILES string of the molecule is COc1cc(Br)cc(C)c1NS(=O)(=O)c1ncccc1F. The molecule has 0 unspecified atom stereocenters. The van der Waals surface area contributed by atoms with Gasteiger partial charge in [0.25, 0.3) is 10.0 Å². The molecule has 0 saturated heterocycles. The van der Waals surface area contributed by atoms with Crippen LogP contribution in [0.5, 0.6) is 5.75 Å². The predicted octanol–water partition coefficient (Wildman–Crippen LogP) is 3.10. The first-order valence-electron chi connectivity index (χ1n) is 5.82. The maximum Gasteiger partial charge on any atom is 0.282 e. The van der Waals surface area contributed by atoms with Crippen LogP contribution in [-0.2, 0) is 10.0 Å². The van der Waals surface area contributed by atoms with E-state index in [1.54, 1.807) is 19.1 Å². The van der Waals surface area contributed by atoms with Gasteiger partial charge in [-0.2, -0.15) is 8.42 Å². The number of methoxy groups -OCH3 is 1. The van der Waals surface area contributed by atoms with Crippen molar-refractivity contribution in [1.29, 1.82) is 0 Å². The van der Waals surface area contributed by atoms with Gasteiger partial charge in [0, 0.05) is 10.7 Å². The van der Waals surface area contributed by atoms with Gasteiger partial charge in [-0.15, -0.1) is 0 Å². The number of anilines is 1. The monoisotopic (exact) mass is 374 g/mol. The second-order valence-corrected chi connectivity index (χ2v) is 6.71. The number of rotatable bonds is 4. The third kappa shape index (κ3) is 3.33. The van der Waals surface area contributed by atoms with E-state index in [9.17, 15) is 12.8 Å². The summed E-state index contributed by atoms with van der Waals surface area (Å²) in [6.45, 7) is 1.71. The summed E-state index contributed by atoms with van der Waals surface area (Å²) in [7, 11) is -2.73. The molecular weight excluding hydrogens is 363 g/mol. The molecule has 1 N–H and O–H groups in total. The van der Waals surface area contributed by atoms with E-state index in [2.05, 4.69) is 25.6 Å². The Morgan fingerprint density at radius 2 is 2.10 bits per heavy atom. The van der Waals surface area contributed by atoms with Crippen molar-refractivity contribution in [2.24, 2.45) is 0 Å². The molecule has 0 bridgehead atoms. The number of sulfonamides is 1. The lowest BCUT2D eigenvalue weighted by molar-refractivity contribution is 0.416. The minimum atomic E-state index is -4.14. The highest BCUT2D eigenvalue weighted by Crippen LogP contribution is 2.33. The minimum absolute atomic E-state index is 0.241. The Kier molecular flexibility index (Phi) is 4.48. The standard InChI is InChI=1S/C13H12BrFN2O3S/c1-8-6-9(14)7-11(20-2)12(8)17-21(18,19)13-10(15)4-3-5-16-13/h3-7,17H,1-2H3. The van der Waals surface area contributed by atoms with Crippen LogP contribution in [0.1, 0.15) is 5.56 Å². The van der Waals surface area contributed by atoms with E-state index in [0.717, 1.165) is 10.5 Å². The Balaban J connectivity index is 2.50. The topological polar surface area (TPSA) is 68.3 Å². The fourth-order valence-electron chi connectivity index (χ4n) is 1.76. The van der Waals surface area contributed by atoms with Gasteiger partial charge in [0.1, 0.15) is 5.75 Å². The highest BCUT2D eigenvalue weighted by Gasteiger charge is 2.23.